The van der Waals surface area contributed by atoms with Gasteiger partial charge >= 0.3 is 0 Å². The fourth-order valence-corrected chi connectivity index (χ4v) is 5.39. The Morgan fingerprint density at radius 1 is 1.15 bits per heavy atom. The van der Waals surface area contributed by atoms with Crippen molar-refractivity contribution in [3.05, 3.63) is 71.1 Å². The van der Waals surface area contributed by atoms with Gasteiger partial charge in [-0.1, -0.05) is 41.9 Å². The summed E-state index contributed by atoms with van der Waals surface area (Å²) in [5.41, 5.74) is 2.04. The van der Waals surface area contributed by atoms with Crippen molar-refractivity contribution < 1.29 is 18.7 Å². The van der Waals surface area contributed by atoms with Gasteiger partial charge in [0.2, 0.25) is 0 Å². The highest BCUT2D eigenvalue weighted by Gasteiger charge is 2.68. The van der Waals surface area contributed by atoms with Crippen LogP contribution in [-0.2, 0) is 11.8 Å². The average Bonchev–Trinajstić information content (AvgIpc) is 3.14. The Morgan fingerprint density at radius 2 is 1.88 bits per heavy atom. The van der Waals surface area contributed by atoms with E-state index >= 15 is 0 Å². The van der Waals surface area contributed by atoms with Crippen LogP contribution in [0.25, 0.3) is 11.3 Å². The summed E-state index contributed by atoms with van der Waals surface area (Å²) in [4.78, 5) is 25.3. The fourth-order valence-electron chi connectivity index (χ4n) is 5.27. The van der Waals surface area contributed by atoms with Crippen LogP contribution in [0, 0.1) is 11.2 Å². The van der Waals surface area contributed by atoms with E-state index in [9.17, 15) is 14.0 Å². The Morgan fingerprint density at radius 3 is 2.58 bits per heavy atom. The number of benzene rings is 2. The summed E-state index contributed by atoms with van der Waals surface area (Å²) >= 11 is 5.65. The first-order chi connectivity index (χ1) is 15.8. The highest BCUT2D eigenvalue weighted by molar-refractivity contribution is 6.30. The van der Waals surface area contributed by atoms with Crippen LogP contribution in [0.4, 0.5) is 4.39 Å². The smallest absolute Gasteiger partial charge is 0.258 e. The molecule has 0 atom stereocenters. The topological polar surface area (TPSA) is 73.2 Å². The van der Waals surface area contributed by atoms with E-state index in [1.54, 1.807) is 11.7 Å². The molecule has 6 rings (SSSR count). The van der Waals surface area contributed by atoms with Crippen molar-refractivity contribution in [2.45, 2.75) is 31.2 Å². The molecule has 170 valence electrons. The van der Waals surface area contributed by atoms with Crippen LogP contribution in [0.1, 0.15) is 36.2 Å². The summed E-state index contributed by atoms with van der Waals surface area (Å²) < 4.78 is 20.5. The molecule has 3 saturated carbocycles. The number of halogens is 2. The molecule has 3 fully saturated rings. The molecule has 2 aromatic carbocycles. The summed E-state index contributed by atoms with van der Waals surface area (Å²) in [5, 5.41) is 7.51. The number of nitrogens with zero attached hydrogens (tertiary/aromatic N) is 2. The van der Waals surface area contributed by atoms with Crippen molar-refractivity contribution >= 4 is 23.3 Å². The van der Waals surface area contributed by atoms with E-state index in [-0.39, 0.29) is 40.0 Å². The average molecular weight is 468 g/mol. The second-order valence-corrected chi connectivity index (χ2v) is 9.64. The van der Waals surface area contributed by atoms with Crippen LogP contribution in [0.3, 0.4) is 0 Å². The number of hydrogen-bond acceptors (Lipinski definition) is 4. The lowest BCUT2D eigenvalue weighted by molar-refractivity contribution is -0.164. The quantitative estimate of drug-likeness (QED) is 0.492. The van der Waals surface area contributed by atoms with E-state index < -0.39 is 5.82 Å². The molecule has 0 unspecified atom stereocenters. The molecule has 0 spiro atoms. The van der Waals surface area contributed by atoms with Crippen molar-refractivity contribution in [3.8, 4) is 17.0 Å². The van der Waals surface area contributed by atoms with E-state index in [4.69, 9.17) is 16.3 Å². The molecule has 1 aromatic heterocycles. The van der Waals surface area contributed by atoms with E-state index in [1.807, 2.05) is 36.4 Å². The monoisotopic (exact) mass is 467 g/mol. The number of carbonyl (C=O) groups is 2. The van der Waals surface area contributed by atoms with Gasteiger partial charge in [-0.15, -0.1) is 0 Å². The zero-order valence-corrected chi connectivity index (χ0v) is 18.9. The second kappa shape index (κ2) is 7.99. The number of carbonyl (C=O) groups excluding carboxylic acids is 2. The summed E-state index contributed by atoms with van der Waals surface area (Å²) in [6, 6.07) is 15.7. The number of hydrogen-bond donors (Lipinski definition) is 1. The zero-order valence-electron chi connectivity index (χ0n) is 18.1. The largest absolute Gasteiger partial charge is 0.484 e. The van der Waals surface area contributed by atoms with Crippen molar-refractivity contribution in [1.29, 1.82) is 0 Å². The van der Waals surface area contributed by atoms with Gasteiger partial charge in [-0.05, 0) is 42.9 Å². The molecule has 8 heteroatoms. The van der Waals surface area contributed by atoms with Crippen LogP contribution < -0.4 is 10.1 Å². The van der Waals surface area contributed by atoms with E-state index in [1.165, 1.54) is 12.1 Å². The van der Waals surface area contributed by atoms with Crippen molar-refractivity contribution in [2.75, 3.05) is 6.61 Å². The number of aromatic nitrogens is 2. The van der Waals surface area contributed by atoms with Crippen molar-refractivity contribution in [3.63, 3.8) is 0 Å². The van der Waals surface area contributed by atoms with Crippen LogP contribution >= 0.6 is 11.6 Å². The predicted octanol–water partition coefficient (Wildman–Crippen LogP) is 4.57. The Balaban J connectivity index is 1.13. The third-order valence-electron chi connectivity index (χ3n) is 6.58. The van der Waals surface area contributed by atoms with Gasteiger partial charge < -0.3 is 10.1 Å². The maximum absolute atomic E-state index is 13.5. The normalized spacial score (nSPS) is 22.8. The standard InChI is InChI=1S/C25H23ClFN3O3/c1-30-21(10-20(29-30)16-5-3-2-4-6-16)22(31)11-24-13-25(14-24,15-24)28-23(32)12-33-17-7-8-18(26)19(27)9-17/h2-10H,11-15H2,1H3,(H,28,32). The molecular weight excluding hydrogens is 445 g/mol. The van der Waals surface area contributed by atoms with Gasteiger partial charge in [-0.25, -0.2) is 4.39 Å². The molecule has 6 nitrogen and oxygen atoms in total. The minimum absolute atomic E-state index is 0.00271. The minimum Gasteiger partial charge on any atom is -0.484 e. The Labute approximate surface area is 195 Å². The number of rotatable bonds is 8. The lowest BCUT2D eigenvalue weighted by atomic mass is 9.38. The van der Waals surface area contributed by atoms with E-state index in [2.05, 4.69) is 10.4 Å². The lowest BCUT2D eigenvalue weighted by Crippen LogP contribution is -2.75. The van der Waals surface area contributed by atoms with Crippen LogP contribution in [-0.4, -0.2) is 33.6 Å². The van der Waals surface area contributed by atoms with Crippen LogP contribution in [0.5, 0.6) is 5.75 Å². The van der Waals surface area contributed by atoms with E-state index in [0.717, 1.165) is 36.6 Å². The maximum atomic E-state index is 13.5. The van der Waals surface area contributed by atoms with Gasteiger partial charge in [-0.2, -0.15) is 5.10 Å². The number of nitrogens with one attached hydrogen (secondary N) is 1. The zero-order chi connectivity index (χ0) is 23.2. The third kappa shape index (κ3) is 4.13. The number of aryl methyl sites for hydroxylation is 1. The highest BCUT2D eigenvalue weighted by Crippen LogP contribution is 2.69. The molecule has 0 saturated heterocycles. The van der Waals surface area contributed by atoms with Crippen molar-refractivity contribution in [2.24, 2.45) is 12.5 Å². The minimum atomic E-state index is -0.593. The molecule has 2 bridgehead atoms. The third-order valence-corrected chi connectivity index (χ3v) is 6.88. The molecule has 3 aliphatic rings. The number of Topliss-reactive ketones (excluding diaryl/α,β-unsaturated/α-hetero) is 1. The van der Waals surface area contributed by atoms with E-state index in [0.29, 0.717) is 12.1 Å². The molecule has 1 amide bonds. The molecule has 1 N–H and O–H groups in total. The molecule has 0 aliphatic heterocycles. The molecule has 33 heavy (non-hydrogen) atoms. The number of amides is 1. The first kappa shape index (κ1) is 21.6. The Hall–Kier alpha value is -3.19. The fraction of sp³-hybridized carbons (Fsp3) is 0.320. The SMILES string of the molecule is Cn1nc(-c2ccccc2)cc1C(=O)CC12CC(NC(=O)COc3ccc(Cl)c(F)c3)(C1)C2. The maximum Gasteiger partial charge on any atom is 0.258 e. The summed E-state index contributed by atoms with van der Waals surface area (Å²) in [7, 11) is 1.79. The van der Waals surface area contributed by atoms with Gasteiger partial charge in [0.05, 0.1) is 10.7 Å². The lowest BCUT2D eigenvalue weighted by Gasteiger charge is -2.70. The van der Waals surface area contributed by atoms with Gasteiger partial charge in [0.15, 0.2) is 12.4 Å². The first-order valence-corrected chi connectivity index (χ1v) is 11.2. The van der Waals surface area contributed by atoms with Crippen molar-refractivity contribution in [1.82, 2.24) is 15.1 Å². The summed E-state index contributed by atoms with van der Waals surface area (Å²) in [6.07, 6.45) is 2.77. The molecule has 3 aromatic rings. The molecular formula is C25H23ClFN3O3. The van der Waals surface area contributed by atoms with Gasteiger partial charge in [0.25, 0.3) is 5.91 Å². The first-order valence-electron chi connectivity index (χ1n) is 10.8. The predicted molar refractivity (Wildman–Crippen MR) is 122 cm³/mol. The van der Waals surface area contributed by atoms with Gasteiger partial charge in [0, 0.05) is 30.6 Å². The molecule has 3 aliphatic carbocycles. The van der Waals surface area contributed by atoms with Crippen LogP contribution in [0.15, 0.2) is 54.6 Å². The summed E-state index contributed by atoms with van der Waals surface area (Å²) in [6.45, 7) is -0.202. The number of ketones is 1. The highest BCUT2D eigenvalue weighted by atomic mass is 35.5. The Kier molecular flexibility index (Phi) is 5.24. The number of ether oxygens (including phenoxy) is 1. The van der Waals surface area contributed by atoms with Gasteiger partial charge in [0.1, 0.15) is 17.3 Å². The van der Waals surface area contributed by atoms with Gasteiger partial charge in [-0.3, -0.25) is 14.3 Å². The Bertz CT molecular complexity index is 1220. The summed E-state index contributed by atoms with van der Waals surface area (Å²) in [5.74, 6) is -0.535. The second-order valence-electron chi connectivity index (χ2n) is 9.23. The molecule has 0 radical (unpaired) electrons. The molecule has 1 heterocycles. The van der Waals surface area contributed by atoms with Crippen LogP contribution in [0.2, 0.25) is 5.02 Å².